The van der Waals surface area contributed by atoms with Crippen LogP contribution < -0.4 is 10.1 Å². The second-order valence-corrected chi connectivity index (χ2v) is 6.25. The Labute approximate surface area is 117 Å². The third-order valence-electron chi connectivity index (χ3n) is 2.70. The number of nitrogens with zero attached hydrogens (tertiary/aromatic N) is 1. The molecule has 0 aliphatic rings. The average molecular weight is 284 g/mol. The number of nitrogens with one attached hydrogen (secondary N) is 1. The first-order valence-corrected chi connectivity index (χ1v) is 7.30. The predicted octanol–water partition coefficient (Wildman–Crippen LogP) is 2.70. The van der Waals surface area contributed by atoms with E-state index in [9.17, 15) is 10.1 Å². The van der Waals surface area contributed by atoms with Gasteiger partial charge in [-0.1, -0.05) is 0 Å². The standard InChI is InChI=1S/C13H20N2O3S/c1-13(2,19-3)10-14-8-9-18-12-6-4-11(5-7-12)15(16)17/h4-7,14H,8-10H2,1-3H3. The topological polar surface area (TPSA) is 64.4 Å². The second kappa shape index (κ2) is 7.35. The molecular weight excluding hydrogens is 264 g/mol. The zero-order valence-corrected chi connectivity index (χ0v) is 12.3. The number of nitro groups is 1. The van der Waals surface area contributed by atoms with E-state index in [1.807, 2.05) is 11.8 Å². The van der Waals surface area contributed by atoms with Crippen LogP contribution in [0.25, 0.3) is 0 Å². The maximum Gasteiger partial charge on any atom is 0.269 e. The Hall–Kier alpha value is -1.27. The van der Waals surface area contributed by atoms with E-state index < -0.39 is 4.92 Å². The number of benzene rings is 1. The molecule has 0 aromatic heterocycles. The van der Waals surface area contributed by atoms with E-state index in [2.05, 4.69) is 25.4 Å². The Morgan fingerprint density at radius 2 is 2.00 bits per heavy atom. The van der Waals surface area contributed by atoms with Crippen molar-refractivity contribution in [1.29, 1.82) is 0 Å². The minimum atomic E-state index is -0.421. The number of non-ortho nitro benzene ring substituents is 1. The summed E-state index contributed by atoms with van der Waals surface area (Å²) in [5, 5.41) is 13.8. The highest BCUT2D eigenvalue weighted by Crippen LogP contribution is 2.19. The third kappa shape index (κ3) is 5.94. The van der Waals surface area contributed by atoms with Crippen molar-refractivity contribution in [3.05, 3.63) is 34.4 Å². The van der Waals surface area contributed by atoms with E-state index in [1.54, 1.807) is 12.1 Å². The lowest BCUT2D eigenvalue weighted by Gasteiger charge is -2.22. The molecule has 0 fully saturated rings. The quantitative estimate of drug-likeness (QED) is 0.452. The zero-order chi connectivity index (χ0) is 14.3. The van der Waals surface area contributed by atoms with Crippen molar-refractivity contribution in [3.63, 3.8) is 0 Å². The molecule has 0 saturated carbocycles. The summed E-state index contributed by atoms with van der Waals surface area (Å²) in [5.41, 5.74) is 0.0761. The van der Waals surface area contributed by atoms with Crippen molar-refractivity contribution in [1.82, 2.24) is 5.32 Å². The van der Waals surface area contributed by atoms with E-state index in [0.29, 0.717) is 12.4 Å². The molecule has 0 radical (unpaired) electrons. The highest BCUT2D eigenvalue weighted by Gasteiger charge is 2.14. The number of nitro benzene ring substituents is 1. The molecule has 0 bridgehead atoms. The Morgan fingerprint density at radius 1 is 1.37 bits per heavy atom. The van der Waals surface area contributed by atoms with E-state index >= 15 is 0 Å². The first kappa shape index (κ1) is 15.8. The molecule has 1 N–H and O–H groups in total. The van der Waals surface area contributed by atoms with Gasteiger partial charge in [0.2, 0.25) is 0 Å². The molecule has 6 heteroatoms. The SMILES string of the molecule is CSC(C)(C)CNCCOc1ccc([N+](=O)[O-])cc1. The molecule has 0 atom stereocenters. The summed E-state index contributed by atoms with van der Waals surface area (Å²) < 4.78 is 5.71. The second-order valence-electron chi connectivity index (χ2n) is 4.74. The third-order valence-corrected chi connectivity index (χ3v) is 3.95. The van der Waals surface area contributed by atoms with E-state index in [-0.39, 0.29) is 10.4 Å². The molecule has 106 valence electrons. The van der Waals surface area contributed by atoms with Gasteiger partial charge in [0.15, 0.2) is 0 Å². The molecule has 1 rings (SSSR count). The highest BCUT2D eigenvalue weighted by molar-refractivity contribution is 7.99. The summed E-state index contributed by atoms with van der Waals surface area (Å²) in [6, 6.07) is 6.12. The van der Waals surface area contributed by atoms with Gasteiger partial charge in [-0.25, -0.2) is 0 Å². The lowest BCUT2D eigenvalue weighted by molar-refractivity contribution is -0.384. The Balaban J connectivity index is 2.24. The van der Waals surface area contributed by atoms with Crippen molar-refractivity contribution in [3.8, 4) is 5.75 Å². The molecule has 19 heavy (non-hydrogen) atoms. The van der Waals surface area contributed by atoms with Gasteiger partial charge >= 0.3 is 0 Å². The molecule has 0 aliphatic heterocycles. The van der Waals surface area contributed by atoms with Crippen LogP contribution >= 0.6 is 11.8 Å². The molecule has 0 saturated heterocycles. The fourth-order valence-corrected chi connectivity index (χ4v) is 1.61. The molecule has 0 amide bonds. The van der Waals surface area contributed by atoms with Crippen LogP contribution in [0.3, 0.4) is 0 Å². The van der Waals surface area contributed by atoms with Crippen LogP contribution in [0.2, 0.25) is 0 Å². The maximum atomic E-state index is 10.5. The van der Waals surface area contributed by atoms with Gasteiger partial charge in [-0.3, -0.25) is 10.1 Å². The smallest absolute Gasteiger partial charge is 0.269 e. The van der Waals surface area contributed by atoms with Gasteiger partial charge in [-0.15, -0.1) is 0 Å². The van der Waals surface area contributed by atoms with Gasteiger partial charge in [-0.2, -0.15) is 11.8 Å². The Morgan fingerprint density at radius 3 is 2.53 bits per heavy atom. The van der Waals surface area contributed by atoms with Gasteiger partial charge in [0.1, 0.15) is 12.4 Å². The van der Waals surface area contributed by atoms with Crippen LogP contribution in [0, 0.1) is 10.1 Å². The van der Waals surface area contributed by atoms with Gasteiger partial charge < -0.3 is 10.1 Å². The summed E-state index contributed by atoms with van der Waals surface area (Å²) in [6.45, 7) is 6.57. The number of rotatable bonds is 8. The molecule has 5 nitrogen and oxygen atoms in total. The average Bonchev–Trinajstić information content (AvgIpc) is 2.39. The number of thioether (sulfide) groups is 1. The fraction of sp³-hybridized carbons (Fsp3) is 0.538. The van der Waals surface area contributed by atoms with Crippen LogP contribution in [0.4, 0.5) is 5.69 Å². The number of hydrogen-bond acceptors (Lipinski definition) is 5. The maximum absolute atomic E-state index is 10.5. The molecular formula is C13H20N2O3S. The number of ether oxygens (including phenoxy) is 1. The first-order valence-electron chi connectivity index (χ1n) is 6.08. The van der Waals surface area contributed by atoms with Gasteiger partial charge in [0.25, 0.3) is 5.69 Å². The van der Waals surface area contributed by atoms with E-state index in [0.717, 1.165) is 13.1 Å². The van der Waals surface area contributed by atoms with Crippen LogP contribution in [0.5, 0.6) is 5.75 Å². The monoisotopic (exact) mass is 284 g/mol. The lowest BCUT2D eigenvalue weighted by atomic mass is 10.2. The van der Waals surface area contributed by atoms with Crippen LogP contribution in [0.1, 0.15) is 13.8 Å². The summed E-state index contributed by atoms with van der Waals surface area (Å²) in [6.07, 6.45) is 2.09. The van der Waals surface area contributed by atoms with Crippen molar-refractivity contribution in [2.45, 2.75) is 18.6 Å². The molecule has 0 aliphatic carbocycles. The largest absolute Gasteiger partial charge is 0.492 e. The summed E-state index contributed by atoms with van der Waals surface area (Å²) in [4.78, 5) is 10.1. The Bertz CT molecular complexity index is 407. The molecule has 0 spiro atoms. The first-order chi connectivity index (χ1) is 8.94. The highest BCUT2D eigenvalue weighted by atomic mass is 32.2. The van der Waals surface area contributed by atoms with Gasteiger partial charge in [-0.05, 0) is 32.2 Å². The molecule has 1 aromatic rings. The summed E-state index contributed by atoms with van der Waals surface area (Å²) >= 11 is 1.82. The summed E-state index contributed by atoms with van der Waals surface area (Å²) in [5.74, 6) is 0.650. The van der Waals surface area contributed by atoms with Crippen molar-refractivity contribution < 1.29 is 9.66 Å². The minimum Gasteiger partial charge on any atom is -0.492 e. The Kier molecular flexibility index (Phi) is 6.11. The normalized spacial score (nSPS) is 11.3. The minimum absolute atomic E-state index is 0.0761. The molecule has 0 unspecified atom stereocenters. The lowest BCUT2D eigenvalue weighted by Crippen LogP contribution is -2.34. The van der Waals surface area contributed by atoms with Crippen LogP contribution in [0.15, 0.2) is 24.3 Å². The fourth-order valence-electron chi connectivity index (χ4n) is 1.37. The van der Waals surface area contributed by atoms with Crippen molar-refractivity contribution >= 4 is 17.4 Å². The zero-order valence-electron chi connectivity index (χ0n) is 11.5. The van der Waals surface area contributed by atoms with E-state index in [4.69, 9.17) is 4.74 Å². The van der Waals surface area contributed by atoms with Crippen molar-refractivity contribution in [2.75, 3.05) is 26.0 Å². The molecule has 1 aromatic carbocycles. The summed E-state index contributed by atoms with van der Waals surface area (Å²) in [7, 11) is 0. The molecule has 0 heterocycles. The van der Waals surface area contributed by atoms with E-state index in [1.165, 1.54) is 12.1 Å². The number of hydrogen-bond donors (Lipinski definition) is 1. The van der Waals surface area contributed by atoms with Crippen molar-refractivity contribution in [2.24, 2.45) is 0 Å². The van der Waals surface area contributed by atoms with Gasteiger partial charge in [0.05, 0.1) is 4.92 Å². The van der Waals surface area contributed by atoms with Gasteiger partial charge in [0, 0.05) is 30.0 Å². The van der Waals surface area contributed by atoms with Crippen LogP contribution in [-0.4, -0.2) is 35.6 Å². The predicted molar refractivity (Wildman–Crippen MR) is 79.1 cm³/mol. The van der Waals surface area contributed by atoms with Crippen LogP contribution in [-0.2, 0) is 0 Å².